The molecule has 2 aromatic carbocycles. The maximum atomic E-state index is 12.2. The summed E-state index contributed by atoms with van der Waals surface area (Å²) in [5, 5.41) is 11.9. The number of rotatable bonds is 6. The van der Waals surface area contributed by atoms with E-state index in [1.165, 1.54) is 12.1 Å². The Bertz CT molecular complexity index is 769. The zero-order valence-electron chi connectivity index (χ0n) is 13.0. The largest absolute Gasteiger partial charge is 0.494 e. The monoisotopic (exact) mass is 345 g/mol. The lowest BCUT2D eigenvalue weighted by atomic mass is 10.1. The molecule has 0 fully saturated rings. The smallest absolute Gasteiger partial charge is 0.352 e. The first kappa shape index (κ1) is 17.6. The standard InChI is InChI=1S/C18H16ClNO4/c1-2-24-13-9-7-12(8-10-13)11-16(18(22)23)20-17(21)14-5-3-4-6-15(14)19/h3-11H,2H2,1H3,(H,20,21)(H,22,23)/b16-11-. The molecule has 6 heteroatoms. The van der Waals surface area contributed by atoms with Crippen molar-refractivity contribution in [3.05, 3.63) is 70.4 Å². The normalized spacial score (nSPS) is 11.0. The number of ether oxygens (including phenoxy) is 1. The van der Waals surface area contributed by atoms with Crippen LogP contribution in [0.15, 0.2) is 54.2 Å². The number of hydrogen-bond acceptors (Lipinski definition) is 3. The number of halogens is 1. The molecular weight excluding hydrogens is 330 g/mol. The SMILES string of the molecule is CCOc1ccc(/C=C(\NC(=O)c2ccccc2Cl)C(=O)O)cc1. The van der Waals surface area contributed by atoms with Crippen LogP contribution in [0, 0.1) is 0 Å². The number of nitrogens with one attached hydrogen (secondary N) is 1. The molecule has 124 valence electrons. The highest BCUT2D eigenvalue weighted by atomic mass is 35.5. The predicted octanol–water partition coefficient (Wildman–Crippen LogP) is 3.59. The van der Waals surface area contributed by atoms with E-state index in [-0.39, 0.29) is 16.3 Å². The van der Waals surface area contributed by atoms with Gasteiger partial charge < -0.3 is 15.2 Å². The maximum Gasteiger partial charge on any atom is 0.352 e. The molecule has 24 heavy (non-hydrogen) atoms. The Kier molecular flexibility index (Phi) is 5.98. The van der Waals surface area contributed by atoms with Crippen molar-refractivity contribution in [2.75, 3.05) is 6.61 Å². The molecule has 0 radical (unpaired) electrons. The van der Waals surface area contributed by atoms with Crippen LogP contribution in [-0.4, -0.2) is 23.6 Å². The molecule has 2 rings (SSSR count). The summed E-state index contributed by atoms with van der Waals surface area (Å²) in [5.41, 5.74) is 0.581. The molecule has 0 aliphatic heterocycles. The topological polar surface area (TPSA) is 75.6 Å². The number of hydrogen-bond donors (Lipinski definition) is 2. The Morgan fingerprint density at radius 1 is 1.17 bits per heavy atom. The second kappa shape index (κ2) is 8.17. The number of aliphatic carboxylic acids is 1. The van der Waals surface area contributed by atoms with Gasteiger partial charge in [0.15, 0.2) is 0 Å². The Morgan fingerprint density at radius 2 is 1.83 bits per heavy atom. The van der Waals surface area contributed by atoms with Crippen molar-refractivity contribution in [1.29, 1.82) is 0 Å². The van der Waals surface area contributed by atoms with Crippen LogP contribution in [0.1, 0.15) is 22.8 Å². The van der Waals surface area contributed by atoms with Crippen LogP contribution < -0.4 is 10.1 Å². The Hall–Kier alpha value is -2.79. The number of carboxylic acids is 1. The summed E-state index contributed by atoms with van der Waals surface area (Å²) in [5.74, 6) is -1.14. The zero-order valence-corrected chi connectivity index (χ0v) is 13.7. The van der Waals surface area contributed by atoms with Crippen molar-refractivity contribution in [2.45, 2.75) is 6.92 Å². The zero-order chi connectivity index (χ0) is 17.5. The molecule has 0 spiro atoms. The lowest BCUT2D eigenvalue weighted by molar-refractivity contribution is -0.132. The molecule has 2 N–H and O–H groups in total. The lowest BCUT2D eigenvalue weighted by Gasteiger charge is -2.08. The average molecular weight is 346 g/mol. The number of carboxylic acid groups (broad SMARTS) is 1. The summed E-state index contributed by atoms with van der Waals surface area (Å²) in [7, 11) is 0. The van der Waals surface area contributed by atoms with Gasteiger partial charge in [0.05, 0.1) is 17.2 Å². The maximum absolute atomic E-state index is 12.2. The summed E-state index contributed by atoms with van der Waals surface area (Å²) in [6, 6.07) is 13.3. The van der Waals surface area contributed by atoms with Crippen molar-refractivity contribution < 1.29 is 19.4 Å². The molecule has 0 saturated heterocycles. The van der Waals surface area contributed by atoms with Crippen LogP contribution in [0.3, 0.4) is 0 Å². The first-order chi connectivity index (χ1) is 11.5. The molecule has 0 saturated carbocycles. The van der Waals surface area contributed by atoms with E-state index in [0.29, 0.717) is 17.9 Å². The van der Waals surface area contributed by atoms with Gasteiger partial charge in [-0.25, -0.2) is 4.79 Å². The molecule has 0 aliphatic rings. The third kappa shape index (κ3) is 4.60. The van der Waals surface area contributed by atoms with Gasteiger partial charge in [-0.05, 0) is 42.8 Å². The highest BCUT2D eigenvalue weighted by Gasteiger charge is 2.15. The first-order valence-electron chi connectivity index (χ1n) is 7.25. The lowest BCUT2D eigenvalue weighted by Crippen LogP contribution is -2.27. The van der Waals surface area contributed by atoms with Crippen LogP contribution >= 0.6 is 11.6 Å². The Labute approximate surface area is 144 Å². The fourth-order valence-electron chi connectivity index (χ4n) is 1.98. The van der Waals surface area contributed by atoms with Gasteiger partial charge in [0.25, 0.3) is 5.91 Å². The van der Waals surface area contributed by atoms with Gasteiger partial charge in [-0.15, -0.1) is 0 Å². The van der Waals surface area contributed by atoms with Crippen LogP contribution in [0.4, 0.5) is 0 Å². The minimum Gasteiger partial charge on any atom is -0.494 e. The van der Waals surface area contributed by atoms with Crippen molar-refractivity contribution >= 4 is 29.6 Å². The van der Waals surface area contributed by atoms with Crippen LogP contribution in [-0.2, 0) is 4.79 Å². The molecule has 0 aromatic heterocycles. The van der Waals surface area contributed by atoms with Crippen LogP contribution in [0.25, 0.3) is 6.08 Å². The predicted molar refractivity (Wildman–Crippen MR) is 92.1 cm³/mol. The number of benzene rings is 2. The van der Waals surface area contributed by atoms with E-state index in [4.69, 9.17) is 16.3 Å². The van der Waals surface area contributed by atoms with E-state index in [2.05, 4.69) is 5.32 Å². The molecule has 0 bridgehead atoms. The molecule has 0 atom stereocenters. The van der Waals surface area contributed by atoms with Crippen molar-refractivity contribution in [2.24, 2.45) is 0 Å². The van der Waals surface area contributed by atoms with Gasteiger partial charge >= 0.3 is 5.97 Å². The highest BCUT2D eigenvalue weighted by molar-refractivity contribution is 6.34. The van der Waals surface area contributed by atoms with Gasteiger partial charge in [-0.1, -0.05) is 35.9 Å². The molecule has 1 amide bonds. The highest BCUT2D eigenvalue weighted by Crippen LogP contribution is 2.17. The molecule has 5 nitrogen and oxygen atoms in total. The van der Waals surface area contributed by atoms with E-state index in [1.54, 1.807) is 42.5 Å². The first-order valence-corrected chi connectivity index (χ1v) is 7.62. The molecule has 0 aliphatic carbocycles. The summed E-state index contributed by atoms with van der Waals surface area (Å²) >= 11 is 5.95. The fraction of sp³-hybridized carbons (Fsp3) is 0.111. The van der Waals surface area contributed by atoms with E-state index in [9.17, 15) is 14.7 Å². The number of carbonyl (C=O) groups is 2. The Morgan fingerprint density at radius 3 is 2.42 bits per heavy atom. The van der Waals surface area contributed by atoms with Crippen LogP contribution in [0.2, 0.25) is 5.02 Å². The van der Waals surface area contributed by atoms with Crippen molar-refractivity contribution in [3.8, 4) is 5.75 Å². The van der Waals surface area contributed by atoms with E-state index in [0.717, 1.165) is 0 Å². The second-order valence-electron chi connectivity index (χ2n) is 4.80. The average Bonchev–Trinajstić information content (AvgIpc) is 2.56. The minimum absolute atomic E-state index is 0.206. The quantitative estimate of drug-likeness (QED) is 0.784. The summed E-state index contributed by atoms with van der Waals surface area (Å²) in [4.78, 5) is 23.6. The summed E-state index contributed by atoms with van der Waals surface area (Å²) in [6.45, 7) is 2.42. The summed E-state index contributed by atoms with van der Waals surface area (Å²) < 4.78 is 5.33. The van der Waals surface area contributed by atoms with E-state index >= 15 is 0 Å². The van der Waals surface area contributed by atoms with Gasteiger partial charge in [0.2, 0.25) is 0 Å². The third-order valence-corrected chi connectivity index (χ3v) is 3.43. The van der Waals surface area contributed by atoms with Gasteiger partial charge in [0, 0.05) is 0 Å². The third-order valence-electron chi connectivity index (χ3n) is 3.10. The fourth-order valence-corrected chi connectivity index (χ4v) is 2.20. The molecule has 0 unspecified atom stereocenters. The molecule has 0 heterocycles. The van der Waals surface area contributed by atoms with Gasteiger partial charge in [-0.2, -0.15) is 0 Å². The van der Waals surface area contributed by atoms with Gasteiger partial charge in [0.1, 0.15) is 11.4 Å². The van der Waals surface area contributed by atoms with E-state index < -0.39 is 11.9 Å². The van der Waals surface area contributed by atoms with Crippen LogP contribution in [0.5, 0.6) is 5.75 Å². The second-order valence-corrected chi connectivity index (χ2v) is 5.21. The van der Waals surface area contributed by atoms with Crippen molar-refractivity contribution in [3.63, 3.8) is 0 Å². The Balaban J connectivity index is 2.21. The minimum atomic E-state index is -1.25. The summed E-state index contributed by atoms with van der Waals surface area (Å²) in [6.07, 6.45) is 1.37. The van der Waals surface area contributed by atoms with Gasteiger partial charge in [-0.3, -0.25) is 4.79 Å². The molecule has 2 aromatic rings. The number of amides is 1. The van der Waals surface area contributed by atoms with Crippen molar-refractivity contribution in [1.82, 2.24) is 5.32 Å². The molecular formula is C18H16ClNO4. The van der Waals surface area contributed by atoms with E-state index in [1.807, 2.05) is 6.92 Å². The number of carbonyl (C=O) groups excluding carboxylic acids is 1.